The molecule has 2 rings (SSSR count). The van der Waals surface area contributed by atoms with Gasteiger partial charge in [0.2, 0.25) is 11.8 Å². The van der Waals surface area contributed by atoms with Crippen LogP contribution in [0.2, 0.25) is 0 Å². The van der Waals surface area contributed by atoms with Crippen LogP contribution in [-0.2, 0) is 16.0 Å². The molecular formula is C19H18F2N2O3. The summed E-state index contributed by atoms with van der Waals surface area (Å²) in [4.78, 5) is 23.7. The Hall–Kier alpha value is -3.22. The molecule has 0 fully saturated rings. The van der Waals surface area contributed by atoms with E-state index in [4.69, 9.17) is 0 Å². The minimum Gasteiger partial charge on any atom is -0.434 e. The topological polar surface area (TPSA) is 67.4 Å². The maximum absolute atomic E-state index is 12.4. The van der Waals surface area contributed by atoms with Gasteiger partial charge in [0.25, 0.3) is 0 Å². The van der Waals surface area contributed by atoms with Gasteiger partial charge < -0.3 is 15.4 Å². The average molecular weight is 360 g/mol. The third-order valence-corrected chi connectivity index (χ3v) is 3.45. The van der Waals surface area contributed by atoms with Crippen LogP contribution >= 0.6 is 0 Å². The standard InChI is InChI=1S/C19H18F2N2O3/c1-22-18(25)12-14-7-2-4-8-15(14)23-17(24)11-10-13-6-3-5-9-16(13)26-19(20)21/h2-11,19H,12H2,1H3,(H,22,25)(H,23,24). The van der Waals surface area contributed by atoms with E-state index in [-0.39, 0.29) is 18.1 Å². The van der Waals surface area contributed by atoms with Crippen molar-refractivity contribution in [3.8, 4) is 5.75 Å². The Morgan fingerprint density at radius 1 is 1.12 bits per heavy atom. The molecule has 0 radical (unpaired) electrons. The van der Waals surface area contributed by atoms with E-state index in [0.717, 1.165) is 0 Å². The summed E-state index contributed by atoms with van der Waals surface area (Å²) in [5, 5.41) is 5.20. The quantitative estimate of drug-likeness (QED) is 0.745. The average Bonchev–Trinajstić information content (AvgIpc) is 2.62. The molecule has 7 heteroatoms. The first-order valence-electron chi connectivity index (χ1n) is 7.81. The van der Waals surface area contributed by atoms with E-state index < -0.39 is 12.5 Å². The van der Waals surface area contributed by atoms with Crippen LogP contribution in [0.1, 0.15) is 11.1 Å². The van der Waals surface area contributed by atoms with Crippen LogP contribution in [0.4, 0.5) is 14.5 Å². The first-order valence-corrected chi connectivity index (χ1v) is 7.81. The van der Waals surface area contributed by atoms with Gasteiger partial charge >= 0.3 is 6.61 Å². The lowest BCUT2D eigenvalue weighted by molar-refractivity contribution is -0.120. The molecule has 0 saturated carbocycles. The van der Waals surface area contributed by atoms with Gasteiger partial charge in [-0.15, -0.1) is 0 Å². The van der Waals surface area contributed by atoms with Gasteiger partial charge in [0.05, 0.1) is 6.42 Å². The van der Waals surface area contributed by atoms with Crippen molar-refractivity contribution in [3.63, 3.8) is 0 Å². The molecule has 0 aliphatic carbocycles. The van der Waals surface area contributed by atoms with Crippen LogP contribution < -0.4 is 15.4 Å². The number of anilines is 1. The minimum absolute atomic E-state index is 0.0217. The first kappa shape index (κ1) is 19.1. The monoisotopic (exact) mass is 360 g/mol. The Labute approximate surface area is 149 Å². The number of rotatable bonds is 7. The zero-order chi connectivity index (χ0) is 18.9. The molecule has 0 atom stereocenters. The molecule has 2 amide bonds. The number of benzene rings is 2. The Bertz CT molecular complexity index is 807. The number of ether oxygens (including phenoxy) is 1. The second-order valence-electron chi connectivity index (χ2n) is 5.25. The summed E-state index contributed by atoms with van der Waals surface area (Å²) in [5.41, 5.74) is 1.51. The van der Waals surface area contributed by atoms with Crippen LogP contribution in [0.5, 0.6) is 5.75 Å². The van der Waals surface area contributed by atoms with Crippen molar-refractivity contribution in [2.45, 2.75) is 13.0 Å². The predicted molar refractivity (Wildman–Crippen MR) is 95.0 cm³/mol. The molecule has 5 nitrogen and oxygen atoms in total. The third kappa shape index (κ3) is 5.70. The van der Waals surface area contributed by atoms with Gasteiger partial charge in [-0.3, -0.25) is 9.59 Å². The van der Waals surface area contributed by atoms with Crippen LogP contribution in [0.25, 0.3) is 6.08 Å². The highest BCUT2D eigenvalue weighted by atomic mass is 19.3. The van der Waals surface area contributed by atoms with E-state index >= 15 is 0 Å². The largest absolute Gasteiger partial charge is 0.434 e. The van der Waals surface area contributed by atoms with Crippen molar-refractivity contribution in [3.05, 3.63) is 65.7 Å². The summed E-state index contributed by atoms with van der Waals surface area (Å²) in [7, 11) is 1.53. The molecule has 136 valence electrons. The number of likely N-dealkylation sites (N-methyl/N-ethyl adjacent to an activating group) is 1. The minimum atomic E-state index is -2.95. The number of hydrogen-bond acceptors (Lipinski definition) is 3. The number of carbonyl (C=O) groups is 2. The zero-order valence-electron chi connectivity index (χ0n) is 14.0. The van der Waals surface area contributed by atoms with Crippen LogP contribution in [0.15, 0.2) is 54.6 Å². The molecule has 0 bridgehead atoms. The molecule has 2 aromatic carbocycles. The lowest BCUT2D eigenvalue weighted by Crippen LogP contribution is -2.21. The zero-order valence-corrected chi connectivity index (χ0v) is 14.0. The number of nitrogens with one attached hydrogen (secondary N) is 2. The smallest absolute Gasteiger partial charge is 0.387 e. The molecule has 26 heavy (non-hydrogen) atoms. The van der Waals surface area contributed by atoms with Crippen LogP contribution in [-0.4, -0.2) is 25.5 Å². The van der Waals surface area contributed by atoms with Gasteiger partial charge in [-0.25, -0.2) is 0 Å². The molecule has 0 aromatic heterocycles. The summed E-state index contributed by atoms with van der Waals surface area (Å²) in [6.45, 7) is -2.95. The van der Waals surface area contributed by atoms with Crippen molar-refractivity contribution < 1.29 is 23.1 Å². The van der Waals surface area contributed by atoms with E-state index in [1.165, 1.54) is 25.3 Å². The maximum atomic E-state index is 12.4. The Morgan fingerprint density at radius 3 is 2.54 bits per heavy atom. The molecule has 0 spiro atoms. The lowest BCUT2D eigenvalue weighted by Gasteiger charge is -2.09. The third-order valence-electron chi connectivity index (χ3n) is 3.45. The molecule has 0 unspecified atom stereocenters. The molecular weight excluding hydrogens is 342 g/mol. The first-order chi connectivity index (χ1) is 12.5. The van der Waals surface area contributed by atoms with Crippen molar-refractivity contribution in [1.29, 1.82) is 0 Å². The van der Waals surface area contributed by atoms with E-state index in [0.29, 0.717) is 16.8 Å². The Morgan fingerprint density at radius 2 is 1.81 bits per heavy atom. The second-order valence-corrected chi connectivity index (χ2v) is 5.25. The maximum Gasteiger partial charge on any atom is 0.387 e. The molecule has 0 saturated heterocycles. The second kappa shape index (κ2) is 9.31. The van der Waals surface area contributed by atoms with Crippen molar-refractivity contribution >= 4 is 23.6 Å². The molecule has 2 aromatic rings. The summed E-state index contributed by atoms with van der Waals surface area (Å²) in [6.07, 6.45) is 2.72. The van der Waals surface area contributed by atoms with E-state index in [2.05, 4.69) is 15.4 Å². The fourth-order valence-electron chi connectivity index (χ4n) is 2.22. The van der Waals surface area contributed by atoms with Gasteiger partial charge in [0.1, 0.15) is 5.75 Å². The Kier molecular flexibility index (Phi) is 6.84. The molecule has 2 N–H and O–H groups in total. The molecule has 0 aliphatic heterocycles. The fraction of sp³-hybridized carbons (Fsp3) is 0.158. The van der Waals surface area contributed by atoms with Crippen molar-refractivity contribution in [1.82, 2.24) is 5.32 Å². The van der Waals surface area contributed by atoms with Gasteiger partial charge in [0.15, 0.2) is 0 Å². The number of amides is 2. The summed E-state index contributed by atoms with van der Waals surface area (Å²) >= 11 is 0. The van der Waals surface area contributed by atoms with E-state index in [1.54, 1.807) is 42.5 Å². The lowest BCUT2D eigenvalue weighted by atomic mass is 10.1. The Balaban J connectivity index is 2.10. The van der Waals surface area contributed by atoms with Crippen molar-refractivity contribution in [2.75, 3.05) is 12.4 Å². The van der Waals surface area contributed by atoms with Crippen LogP contribution in [0, 0.1) is 0 Å². The van der Waals surface area contributed by atoms with Gasteiger partial charge in [-0.05, 0) is 23.8 Å². The summed E-state index contributed by atoms with van der Waals surface area (Å²) < 4.78 is 29.2. The van der Waals surface area contributed by atoms with Gasteiger partial charge in [-0.1, -0.05) is 36.4 Å². The number of alkyl halides is 2. The highest BCUT2D eigenvalue weighted by Gasteiger charge is 2.09. The highest BCUT2D eigenvalue weighted by molar-refractivity contribution is 6.02. The SMILES string of the molecule is CNC(=O)Cc1ccccc1NC(=O)C=Cc1ccccc1OC(F)F. The van der Waals surface area contributed by atoms with Gasteiger partial charge in [0, 0.05) is 24.4 Å². The number of hydrogen-bond donors (Lipinski definition) is 2. The highest BCUT2D eigenvalue weighted by Crippen LogP contribution is 2.22. The van der Waals surface area contributed by atoms with Gasteiger partial charge in [-0.2, -0.15) is 8.78 Å². The normalized spacial score (nSPS) is 10.8. The number of carbonyl (C=O) groups excluding carboxylic acids is 2. The predicted octanol–water partition coefficient (Wildman–Crippen LogP) is 3.23. The number of halogens is 2. The summed E-state index contributed by atoms with van der Waals surface area (Å²) in [6, 6.07) is 13.1. The van der Waals surface area contributed by atoms with E-state index in [1.807, 2.05) is 0 Å². The summed E-state index contributed by atoms with van der Waals surface area (Å²) in [5.74, 6) is -0.659. The fourth-order valence-corrected chi connectivity index (χ4v) is 2.22. The molecule has 0 aliphatic rings. The number of para-hydroxylation sites is 2. The van der Waals surface area contributed by atoms with E-state index in [9.17, 15) is 18.4 Å². The molecule has 0 heterocycles. The van der Waals surface area contributed by atoms with Crippen molar-refractivity contribution in [2.24, 2.45) is 0 Å². The van der Waals surface area contributed by atoms with Crippen LogP contribution in [0.3, 0.4) is 0 Å².